The molecule has 2 atom stereocenters. The van der Waals surface area contributed by atoms with E-state index in [4.69, 9.17) is 0 Å². The fourth-order valence-corrected chi connectivity index (χ4v) is 1.74. The Kier molecular flexibility index (Phi) is 1.94. The molecule has 12 heavy (non-hydrogen) atoms. The van der Waals surface area contributed by atoms with Crippen LogP contribution in [0.2, 0.25) is 0 Å². The fraction of sp³-hybridized carbons (Fsp3) is 0.364. The zero-order chi connectivity index (χ0) is 8.39. The molecule has 1 aliphatic carbocycles. The maximum atomic E-state index is 10.2. The number of hydrogen-bond acceptors (Lipinski definition) is 1. The number of rotatable bonds is 3. The van der Waals surface area contributed by atoms with Gasteiger partial charge >= 0.3 is 0 Å². The SMILES string of the molecule is O=CC[C@@H]1C[C@@H]1c1ccccc1. The van der Waals surface area contributed by atoms with Crippen molar-refractivity contribution in [1.82, 2.24) is 0 Å². The van der Waals surface area contributed by atoms with Crippen molar-refractivity contribution in [3.63, 3.8) is 0 Å². The topological polar surface area (TPSA) is 17.1 Å². The molecule has 1 heteroatoms. The second-order valence-electron chi connectivity index (χ2n) is 3.42. The average molecular weight is 160 g/mol. The summed E-state index contributed by atoms with van der Waals surface area (Å²) in [7, 11) is 0. The Morgan fingerprint density at radius 3 is 2.75 bits per heavy atom. The van der Waals surface area contributed by atoms with Crippen molar-refractivity contribution in [3.8, 4) is 0 Å². The van der Waals surface area contributed by atoms with Gasteiger partial charge in [-0.2, -0.15) is 0 Å². The van der Waals surface area contributed by atoms with Gasteiger partial charge in [0.25, 0.3) is 0 Å². The molecule has 1 aromatic rings. The van der Waals surface area contributed by atoms with E-state index in [0.717, 1.165) is 12.7 Å². The monoisotopic (exact) mass is 160 g/mol. The first-order chi connectivity index (χ1) is 5.92. The van der Waals surface area contributed by atoms with Crippen LogP contribution in [0.4, 0.5) is 0 Å². The van der Waals surface area contributed by atoms with Crippen LogP contribution in [0.5, 0.6) is 0 Å². The molecule has 0 radical (unpaired) electrons. The molecule has 1 aromatic carbocycles. The highest BCUT2D eigenvalue weighted by Gasteiger charge is 2.37. The average Bonchev–Trinajstić information content (AvgIpc) is 2.87. The molecule has 0 amide bonds. The summed E-state index contributed by atoms with van der Waals surface area (Å²) in [5.41, 5.74) is 1.39. The minimum Gasteiger partial charge on any atom is -0.303 e. The molecule has 1 saturated carbocycles. The third-order valence-corrected chi connectivity index (χ3v) is 2.55. The number of carbonyl (C=O) groups is 1. The molecular weight excluding hydrogens is 148 g/mol. The Bertz CT molecular complexity index is 266. The second-order valence-corrected chi connectivity index (χ2v) is 3.42. The van der Waals surface area contributed by atoms with E-state index in [1.54, 1.807) is 0 Å². The second kappa shape index (κ2) is 3.10. The van der Waals surface area contributed by atoms with Crippen molar-refractivity contribution in [2.24, 2.45) is 5.92 Å². The van der Waals surface area contributed by atoms with Crippen molar-refractivity contribution in [2.75, 3.05) is 0 Å². The molecule has 2 rings (SSSR count). The molecule has 1 fully saturated rings. The van der Waals surface area contributed by atoms with Gasteiger partial charge < -0.3 is 4.79 Å². The normalized spacial score (nSPS) is 26.7. The van der Waals surface area contributed by atoms with Gasteiger partial charge in [0.2, 0.25) is 0 Å². The minimum atomic E-state index is 0.630. The quantitative estimate of drug-likeness (QED) is 0.620. The van der Waals surface area contributed by atoms with E-state index >= 15 is 0 Å². The van der Waals surface area contributed by atoms with E-state index < -0.39 is 0 Å². The van der Waals surface area contributed by atoms with Crippen LogP contribution in [-0.2, 0) is 4.79 Å². The van der Waals surface area contributed by atoms with Gasteiger partial charge in [0.1, 0.15) is 6.29 Å². The molecule has 0 aromatic heterocycles. The molecule has 1 aliphatic rings. The molecule has 0 N–H and O–H groups in total. The van der Waals surface area contributed by atoms with Crippen molar-refractivity contribution in [3.05, 3.63) is 35.9 Å². The van der Waals surface area contributed by atoms with Crippen LogP contribution < -0.4 is 0 Å². The van der Waals surface area contributed by atoms with Gasteiger partial charge in [-0.25, -0.2) is 0 Å². The lowest BCUT2D eigenvalue weighted by Crippen LogP contribution is -1.83. The van der Waals surface area contributed by atoms with Crippen LogP contribution in [0.1, 0.15) is 24.3 Å². The highest BCUT2D eigenvalue weighted by Crippen LogP contribution is 2.48. The van der Waals surface area contributed by atoms with Gasteiger partial charge in [-0.15, -0.1) is 0 Å². The van der Waals surface area contributed by atoms with Crippen molar-refractivity contribution >= 4 is 6.29 Å². The first-order valence-electron chi connectivity index (χ1n) is 4.40. The van der Waals surface area contributed by atoms with Crippen molar-refractivity contribution in [2.45, 2.75) is 18.8 Å². The van der Waals surface area contributed by atoms with Crippen LogP contribution in [0.3, 0.4) is 0 Å². The number of hydrogen-bond donors (Lipinski definition) is 0. The summed E-state index contributed by atoms with van der Waals surface area (Å²) in [6.07, 6.45) is 2.97. The zero-order valence-electron chi connectivity index (χ0n) is 6.94. The smallest absolute Gasteiger partial charge is 0.120 e. The lowest BCUT2D eigenvalue weighted by atomic mass is 10.1. The Morgan fingerprint density at radius 1 is 1.33 bits per heavy atom. The summed E-state index contributed by atoms with van der Waals surface area (Å²) in [6.45, 7) is 0. The standard InChI is InChI=1S/C11H12O/c12-7-6-10-8-11(10)9-4-2-1-3-5-9/h1-5,7,10-11H,6,8H2/t10-,11-/m1/s1. The van der Waals surface area contributed by atoms with Crippen molar-refractivity contribution in [1.29, 1.82) is 0 Å². The van der Waals surface area contributed by atoms with Gasteiger partial charge in [0.05, 0.1) is 0 Å². The van der Waals surface area contributed by atoms with Gasteiger partial charge in [-0.05, 0) is 23.8 Å². The van der Waals surface area contributed by atoms with E-state index in [9.17, 15) is 4.79 Å². The van der Waals surface area contributed by atoms with E-state index in [2.05, 4.69) is 24.3 Å². The van der Waals surface area contributed by atoms with Crippen LogP contribution in [0.15, 0.2) is 30.3 Å². The fourth-order valence-electron chi connectivity index (χ4n) is 1.74. The van der Waals surface area contributed by atoms with Crippen LogP contribution in [0.25, 0.3) is 0 Å². The molecule has 0 heterocycles. The van der Waals surface area contributed by atoms with Gasteiger partial charge in [-0.1, -0.05) is 30.3 Å². The van der Waals surface area contributed by atoms with Crippen molar-refractivity contribution < 1.29 is 4.79 Å². The molecule has 0 saturated heterocycles. The summed E-state index contributed by atoms with van der Waals surface area (Å²) in [5, 5.41) is 0. The van der Waals surface area contributed by atoms with Crippen LogP contribution in [-0.4, -0.2) is 6.29 Å². The Hall–Kier alpha value is -1.11. The predicted molar refractivity (Wildman–Crippen MR) is 48.0 cm³/mol. The van der Waals surface area contributed by atoms with Gasteiger partial charge in [-0.3, -0.25) is 0 Å². The zero-order valence-corrected chi connectivity index (χ0v) is 6.94. The van der Waals surface area contributed by atoms with E-state index in [1.165, 1.54) is 12.0 Å². The van der Waals surface area contributed by atoms with Crippen LogP contribution >= 0.6 is 0 Å². The third kappa shape index (κ3) is 1.40. The minimum absolute atomic E-state index is 0.630. The third-order valence-electron chi connectivity index (χ3n) is 2.55. The maximum Gasteiger partial charge on any atom is 0.120 e. The Balaban J connectivity index is 2.01. The lowest BCUT2D eigenvalue weighted by Gasteiger charge is -1.96. The summed E-state index contributed by atoms with van der Waals surface area (Å²) in [5.74, 6) is 1.29. The summed E-state index contributed by atoms with van der Waals surface area (Å²) < 4.78 is 0. The predicted octanol–water partition coefficient (Wildman–Crippen LogP) is 2.38. The highest BCUT2D eigenvalue weighted by molar-refractivity contribution is 5.51. The molecule has 1 nitrogen and oxygen atoms in total. The highest BCUT2D eigenvalue weighted by atomic mass is 16.1. The molecule has 62 valence electrons. The first kappa shape index (κ1) is 7.53. The number of benzene rings is 1. The Labute approximate surface area is 72.4 Å². The molecule has 0 bridgehead atoms. The molecule has 0 aliphatic heterocycles. The summed E-state index contributed by atoms with van der Waals surface area (Å²) in [6, 6.07) is 10.4. The molecular formula is C11H12O. The Morgan fingerprint density at radius 2 is 2.08 bits per heavy atom. The van der Waals surface area contributed by atoms with Gasteiger partial charge in [0, 0.05) is 6.42 Å². The number of aldehydes is 1. The first-order valence-corrected chi connectivity index (χ1v) is 4.40. The van der Waals surface area contributed by atoms with E-state index in [0.29, 0.717) is 11.8 Å². The van der Waals surface area contributed by atoms with E-state index in [-0.39, 0.29) is 0 Å². The largest absolute Gasteiger partial charge is 0.303 e. The maximum absolute atomic E-state index is 10.2. The number of carbonyl (C=O) groups excluding carboxylic acids is 1. The van der Waals surface area contributed by atoms with Crippen LogP contribution in [0, 0.1) is 5.92 Å². The summed E-state index contributed by atoms with van der Waals surface area (Å²) in [4.78, 5) is 10.2. The molecule has 0 spiro atoms. The van der Waals surface area contributed by atoms with E-state index in [1.807, 2.05) is 6.07 Å². The summed E-state index contributed by atoms with van der Waals surface area (Å²) >= 11 is 0. The molecule has 0 unspecified atom stereocenters. The van der Waals surface area contributed by atoms with Gasteiger partial charge in [0.15, 0.2) is 0 Å². The lowest BCUT2D eigenvalue weighted by molar-refractivity contribution is -0.108.